The molecular weight excluding hydrogens is 349 g/mol. The molecule has 0 saturated carbocycles. The number of rotatable bonds is 6. The number of para-hydroxylation sites is 1. The Labute approximate surface area is 148 Å². The lowest BCUT2D eigenvalue weighted by molar-refractivity contribution is -0.123. The minimum atomic E-state index is -1.71. The van der Waals surface area contributed by atoms with Gasteiger partial charge in [-0.05, 0) is 18.2 Å². The van der Waals surface area contributed by atoms with Gasteiger partial charge in [-0.3, -0.25) is 9.59 Å². The zero-order valence-electron chi connectivity index (χ0n) is 14.2. The summed E-state index contributed by atoms with van der Waals surface area (Å²) in [6, 6.07) is 8.60. The molecule has 0 unspecified atom stereocenters. The zero-order valence-corrected chi connectivity index (χ0v) is 14.2. The van der Waals surface area contributed by atoms with Crippen molar-refractivity contribution >= 4 is 17.5 Å². The van der Waals surface area contributed by atoms with Gasteiger partial charge < -0.3 is 15.0 Å². The molecule has 2 aromatic carbocycles. The topological polar surface area (TPSA) is 58.6 Å². The van der Waals surface area contributed by atoms with E-state index in [0.29, 0.717) is 17.4 Å². The second-order valence-electron chi connectivity index (χ2n) is 5.39. The monoisotopic (exact) mass is 366 g/mol. The number of amides is 2. The minimum absolute atomic E-state index is 0.120. The van der Waals surface area contributed by atoms with Crippen molar-refractivity contribution in [3.05, 3.63) is 59.4 Å². The normalized spacial score (nSPS) is 10.3. The van der Waals surface area contributed by atoms with Crippen LogP contribution in [0.1, 0.15) is 12.5 Å². The zero-order chi connectivity index (χ0) is 19.3. The van der Waals surface area contributed by atoms with Gasteiger partial charge in [0.15, 0.2) is 17.5 Å². The van der Waals surface area contributed by atoms with Gasteiger partial charge in [-0.25, -0.2) is 13.2 Å². The quantitative estimate of drug-likeness (QED) is 0.800. The number of nitrogens with one attached hydrogen (secondary N) is 1. The first-order valence-corrected chi connectivity index (χ1v) is 7.65. The van der Waals surface area contributed by atoms with Crippen LogP contribution in [0.5, 0.6) is 5.75 Å². The first kappa shape index (κ1) is 19.3. The van der Waals surface area contributed by atoms with E-state index < -0.39 is 41.5 Å². The van der Waals surface area contributed by atoms with Crippen LogP contribution < -0.4 is 15.0 Å². The van der Waals surface area contributed by atoms with Crippen molar-refractivity contribution in [1.29, 1.82) is 0 Å². The number of carbonyl (C=O) groups is 2. The first-order chi connectivity index (χ1) is 12.3. The summed E-state index contributed by atoms with van der Waals surface area (Å²) in [6.45, 7) is 0.662. The van der Waals surface area contributed by atoms with Gasteiger partial charge in [-0.1, -0.05) is 18.2 Å². The average Bonchev–Trinajstić information content (AvgIpc) is 2.63. The van der Waals surface area contributed by atoms with Crippen LogP contribution in [0.4, 0.5) is 18.9 Å². The van der Waals surface area contributed by atoms with E-state index in [1.54, 1.807) is 24.3 Å². The SMILES string of the molecule is COc1ccccc1CNC(=O)CN(C(C)=O)c1ccc(F)c(F)c1F. The maximum absolute atomic E-state index is 13.9. The lowest BCUT2D eigenvalue weighted by Crippen LogP contribution is -2.40. The van der Waals surface area contributed by atoms with E-state index in [-0.39, 0.29) is 6.54 Å². The molecule has 0 fully saturated rings. The number of anilines is 1. The van der Waals surface area contributed by atoms with Crippen molar-refractivity contribution in [2.75, 3.05) is 18.6 Å². The molecule has 2 amide bonds. The van der Waals surface area contributed by atoms with Crippen molar-refractivity contribution in [2.45, 2.75) is 13.5 Å². The van der Waals surface area contributed by atoms with E-state index >= 15 is 0 Å². The molecule has 0 heterocycles. The fourth-order valence-electron chi connectivity index (χ4n) is 2.33. The molecule has 0 aromatic heterocycles. The Morgan fingerprint density at radius 3 is 2.42 bits per heavy atom. The Morgan fingerprint density at radius 2 is 1.77 bits per heavy atom. The van der Waals surface area contributed by atoms with Crippen molar-refractivity contribution < 1.29 is 27.5 Å². The third-order valence-electron chi connectivity index (χ3n) is 3.66. The molecule has 0 bridgehead atoms. The van der Waals surface area contributed by atoms with E-state index in [1.165, 1.54) is 7.11 Å². The van der Waals surface area contributed by atoms with Gasteiger partial charge in [0.05, 0.1) is 12.8 Å². The number of hydrogen-bond acceptors (Lipinski definition) is 3. The van der Waals surface area contributed by atoms with Gasteiger partial charge in [-0.2, -0.15) is 0 Å². The minimum Gasteiger partial charge on any atom is -0.496 e. The molecule has 0 saturated heterocycles. The van der Waals surface area contributed by atoms with Crippen LogP contribution >= 0.6 is 0 Å². The Hall–Kier alpha value is -3.03. The van der Waals surface area contributed by atoms with Crippen molar-refractivity contribution in [1.82, 2.24) is 5.32 Å². The third-order valence-corrected chi connectivity index (χ3v) is 3.66. The standard InChI is InChI=1S/C18H17F3N2O3/c1-11(24)23(14-8-7-13(19)17(20)18(14)21)10-16(25)22-9-12-5-3-4-6-15(12)26-2/h3-8H,9-10H2,1-2H3,(H,22,25). The van der Waals surface area contributed by atoms with Gasteiger partial charge in [0, 0.05) is 19.0 Å². The average molecular weight is 366 g/mol. The number of ether oxygens (including phenoxy) is 1. The molecule has 0 radical (unpaired) electrons. The highest BCUT2D eigenvalue weighted by Gasteiger charge is 2.23. The van der Waals surface area contributed by atoms with Crippen LogP contribution in [0, 0.1) is 17.5 Å². The van der Waals surface area contributed by atoms with Crippen LogP contribution in [-0.4, -0.2) is 25.5 Å². The lowest BCUT2D eigenvalue weighted by atomic mass is 10.2. The number of carbonyl (C=O) groups excluding carboxylic acids is 2. The highest BCUT2D eigenvalue weighted by Crippen LogP contribution is 2.24. The van der Waals surface area contributed by atoms with Gasteiger partial charge in [0.25, 0.3) is 0 Å². The third kappa shape index (κ3) is 4.33. The van der Waals surface area contributed by atoms with E-state index in [2.05, 4.69) is 5.32 Å². The Kier molecular flexibility index (Phi) is 6.21. The summed E-state index contributed by atoms with van der Waals surface area (Å²) in [7, 11) is 1.49. The highest BCUT2D eigenvalue weighted by molar-refractivity contribution is 5.97. The summed E-state index contributed by atoms with van der Waals surface area (Å²) in [5, 5.41) is 2.57. The summed E-state index contributed by atoms with van der Waals surface area (Å²) in [6.07, 6.45) is 0. The molecule has 0 aliphatic heterocycles. The molecule has 8 heteroatoms. The van der Waals surface area contributed by atoms with E-state index in [0.717, 1.165) is 17.9 Å². The van der Waals surface area contributed by atoms with Crippen LogP contribution in [0.3, 0.4) is 0 Å². The molecule has 138 valence electrons. The lowest BCUT2D eigenvalue weighted by Gasteiger charge is -2.21. The van der Waals surface area contributed by atoms with E-state index in [9.17, 15) is 22.8 Å². The molecule has 2 rings (SSSR count). The molecule has 1 N–H and O–H groups in total. The highest BCUT2D eigenvalue weighted by atomic mass is 19.2. The molecular formula is C18H17F3N2O3. The smallest absolute Gasteiger partial charge is 0.240 e. The number of benzene rings is 2. The summed E-state index contributed by atoms with van der Waals surface area (Å²) in [4.78, 5) is 24.6. The van der Waals surface area contributed by atoms with Crippen LogP contribution in [-0.2, 0) is 16.1 Å². The summed E-state index contributed by atoms with van der Waals surface area (Å²) < 4.78 is 45.5. The molecule has 5 nitrogen and oxygen atoms in total. The summed E-state index contributed by atoms with van der Waals surface area (Å²) in [5.41, 5.74) is 0.195. The molecule has 26 heavy (non-hydrogen) atoms. The number of hydrogen-bond donors (Lipinski definition) is 1. The molecule has 0 aliphatic carbocycles. The van der Waals surface area contributed by atoms with E-state index in [4.69, 9.17) is 4.74 Å². The Morgan fingerprint density at radius 1 is 1.08 bits per heavy atom. The first-order valence-electron chi connectivity index (χ1n) is 7.65. The summed E-state index contributed by atoms with van der Waals surface area (Å²) >= 11 is 0. The van der Waals surface area contributed by atoms with Crippen molar-refractivity contribution in [3.63, 3.8) is 0 Å². The molecule has 2 aromatic rings. The van der Waals surface area contributed by atoms with Crippen LogP contribution in [0.25, 0.3) is 0 Å². The maximum Gasteiger partial charge on any atom is 0.240 e. The van der Waals surface area contributed by atoms with E-state index in [1.807, 2.05) is 0 Å². The molecule has 0 spiro atoms. The molecule has 0 atom stereocenters. The second-order valence-corrected chi connectivity index (χ2v) is 5.39. The number of nitrogens with zero attached hydrogens (tertiary/aromatic N) is 1. The fourth-order valence-corrected chi connectivity index (χ4v) is 2.33. The predicted octanol–water partition coefficient (Wildman–Crippen LogP) is 2.78. The van der Waals surface area contributed by atoms with Crippen molar-refractivity contribution in [2.24, 2.45) is 0 Å². The second kappa shape index (κ2) is 8.37. The summed E-state index contributed by atoms with van der Waals surface area (Å²) in [5.74, 6) is -5.34. The van der Waals surface area contributed by atoms with Crippen LogP contribution in [0.2, 0.25) is 0 Å². The number of halogens is 3. The fraction of sp³-hybridized carbons (Fsp3) is 0.222. The Bertz CT molecular complexity index is 827. The molecule has 0 aliphatic rings. The number of methoxy groups -OCH3 is 1. The largest absolute Gasteiger partial charge is 0.496 e. The van der Waals surface area contributed by atoms with Crippen molar-refractivity contribution in [3.8, 4) is 5.75 Å². The predicted molar refractivity (Wildman–Crippen MR) is 89.2 cm³/mol. The van der Waals surface area contributed by atoms with Gasteiger partial charge >= 0.3 is 0 Å². The van der Waals surface area contributed by atoms with Gasteiger partial charge in [0.1, 0.15) is 12.3 Å². The Balaban J connectivity index is 2.12. The van der Waals surface area contributed by atoms with Gasteiger partial charge in [-0.15, -0.1) is 0 Å². The van der Waals surface area contributed by atoms with Crippen LogP contribution in [0.15, 0.2) is 36.4 Å². The maximum atomic E-state index is 13.9. The van der Waals surface area contributed by atoms with Gasteiger partial charge in [0.2, 0.25) is 11.8 Å².